The van der Waals surface area contributed by atoms with E-state index in [9.17, 15) is 9.18 Å². The topological polar surface area (TPSA) is 85.6 Å². The number of nitrogens with one attached hydrogen (secondary N) is 1. The van der Waals surface area contributed by atoms with Crippen LogP contribution in [0, 0.1) is 5.82 Å². The van der Waals surface area contributed by atoms with Gasteiger partial charge >= 0.3 is 0 Å². The highest BCUT2D eigenvalue weighted by atomic mass is 32.2. The maximum atomic E-state index is 13.5. The summed E-state index contributed by atoms with van der Waals surface area (Å²) in [7, 11) is 0. The Balaban J connectivity index is 1.66. The largest absolute Gasteiger partial charge is 0.302 e. The number of halogens is 1. The predicted molar refractivity (Wildman–Crippen MR) is 104 cm³/mol. The fourth-order valence-corrected chi connectivity index (χ4v) is 3.89. The summed E-state index contributed by atoms with van der Waals surface area (Å²) >= 11 is 2.64. The minimum atomic E-state index is -0.329. The molecule has 2 aromatic heterocycles. The van der Waals surface area contributed by atoms with Crippen molar-refractivity contribution < 1.29 is 9.18 Å². The summed E-state index contributed by atoms with van der Waals surface area (Å²) < 4.78 is 15.3. The van der Waals surface area contributed by atoms with Crippen LogP contribution in [0.1, 0.15) is 31.7 Å². The Labute approximate surface area is 164 Å². The number of thioether (sulfide) groups is 1. The van der Waals surface area contributed by atoms with E-state index in [2.05, 4.69) is 25.7 Å². The standard InChI is InChI=1S/C17H19FN6OS2/c1-4-24-14(11-6-5-7-12(18)8-11)20-23-17(24)26-9-13(25)19-16-22-21-15(27-16)10(2)3/h5-8,10H,4,9H2,1-3H3,(H,19,22,25). The van der Waals surface area contributed by atoms with Gasteiger partial charge in [-0.2, -0.15) is 0 Å². The van der Waals surface area contributed by atoms with Gasteiger partial charge in [0.15, 0.2) is 11.0 Å². The third-order valence-corrected chi connectivity index (χ3v) is 5.74. The highest BCUT2D eigenvalue weighted by molar-refractivity contribution is 7.99. The zero-order valence-corrected chi connectivity index (χ0v) is 16.8. The van der Waals surface area contributed by atoms with Crippen molar-refractivity contribution in [2.75, 3.05) is 11.1 Å². The van der Waals surface area contributed by atoms with E-state index < -0.39 is 0 Å². The number of anilines is 1. The summed E-state index contributed by atoms with van der Waals surface area (Å²) in [6.45, 7) is 6.60. The van der Waals surface area contributed by atoms with Gasteiger partial charge < -0.3 is 4.57 Å². The molecule has 7 nitrogen and oxygen atoms in total. The van der Waals surface area contributed by atoms with Crippen molar-refractivity contribution in [1.29, 1.82) is 0 Å². The second-order valence-electron chi connectivity index (χ2n) is 6.00. The fraction of sp³-hybridized carbons (Fsp3) is 0.353. The van der Waals surface area contributed by atoms with Gasteiger partial charge in [-0.15, -0.1) is 20.4 Å². The molecule has 1 N–H and O–H groups in total. The molecular weight excluding hydrogens is 387 g/mol. The van der Waals surface area contributed by atoms with E-state index in [-0.39, 0.29) is 23.4 Å². The van der Waals surface area contributed by atoms with Crippen LogP contribution in [0.25, 0.3) is 11.4 Å². The number of hydrogen-bond donors (Lipinski definition) is 1. The second-order valence-corrected chi connectivity index (χ2v) is 7.95. The number of rotatable bonds is 7. The van der Waals surface area contributed by atoms with Crippen molar-refractivity contribution in [2.45, 2.75) is 38.4 Å². The lowest BCUT2D eigenvalue weighted by atomic mass is 10.2. The summed E-state index contributed by atoms with van der Waals surface area (Å²) in [4.78, 5) is 12.2. The van der Waals surface area contributed by atoms with Gasteiger partial charge in [-0.1, -0.05) is 49.1 Å². The molecule has 10 heteroatoms. The lowest BCUT2D eigenvalue weighted by Gasteiger charge is -2.07. The number of carbonyl (C=O) groups excluding carboxylic acids is 1. The van der Waals surface area contributed by atoms with Gasteiger partial charge in [-0.25, -0.2) is 4.39 Å². The zero-order valence-electron chi connectivity index (χ0n) is 15.1. The van der Waals surface area contributed by atoms with Gasteiger partial charge in [-0.3, -0.25) is 10.1 Å². The minimum Gasteiger partial charge on any atom is -0.302 e. The molecule has 27 heavy (non-hydrogen) atoms. The molecule has 0 unspecified atom stereocenters. The van der Waals surface area contributed by atoms with Crippen LogP contribution < -0.4 is 5.32 Å². The zero-order chi connectivity index (χ0) is 19.4. The molecule has 0 bridgehead atoms. The molecule has 2 heterocycles. The van der Waals surface area contributed by atoms with Crippen LogP contribution in [0.15, 0.2) is 29.4 Å². The average Bonchev–Trinajstić information content (AvgIpc) is 3.26. The first-order chi connectivity index (χ1) is 13.0. The SMILES string of the molecule is CCn1c(SCC(=O)Nc2nnc(C(C)C)s2)nnc1-c1cccc(F)c1. The molecule has 0 saturated carbocycles. The molecule has 0 aliphatic carbocycles. The van der Waals surface area contributed by atoms with Crippen molar-refractivity contribution >= 4 is 34.1 Å². The minimum absolute atomic E-state index is 0.165. The van der Waals surface area contributed by atoms with Crippen molar-refractivity contribution in [3.63, 3.8) is 0 Å². The highest BCUT2D eigenvalue weighted by Crippen LogP contribution is 2.25. The van der Waals surface area contributed by atoms with E-state index in [4.69, 9.17) is 0 Å². The quantitative estimate of drug-likeness (QED) is 0.601. The van der Waals surface area contributed by atoms with Gasteiger partial charge in [0.25, 0.3) is 0 Å². The first-order valence-corrected chi connectivity index (χ1v) is 10.2. The van der Waals surface area contributed by atoms with Crippen LogP contribution in [0.3, 0.4) is 0 Å². The maximum Gasteiger partial charge on any atom is 0.236 e. The van der Waals surface area contributed by atoms with Crippen LogP contribution in [-0.2, 0) is 11.3 Å². The fourth-order valence-electron chi connectivity index (χ4n) is 2.33. The first kappa shape index (κ1) is 19.4. The Morgan fingerprint density at radius 2 is 2.11 bits per heavy atom. The number of amides is 1. The summed E-state index contributed by atoms with van der Waals surface area (Å²) in [5.74, 6) is 0.490. The van der Waals surface area contributed by atoms with Crippen molar-refractivity contribution in [3.8, 4) is 11.4 Å². The second kappa shape index (κ2) is 8.57. The van der Waals surface area contributed by atoms with E-state index in [0.29, 0.717) is 28.2 Å². The molecule has 142 valence electrons. The molecule has 0 saturated heterocycles. The number of hydrogen-bond acceptors (Lipinski definition) is 7. The van der Waals surface area contributed by atoms with Gasteiger partial charge in [0.2, 0.25) is 11.0 Å². The van der Waals surface area contributed by atoms with Crippen LogP contribution in [-0.4, -0.2) is 36.6 Å². The van der Waals surface area contributed by atoms with Crippen molar-refractivity contribution in [1.82, 2.24) is 25.0 Å². The third kappa shape index (κ3) is 4.69. The van der Waals surface area contributed by atoms with E-state index in [1.54, 1.807) is 12.1 Å². The average molecular weight is 407 g/mol. The molecule has 1 aromatic carbocycles. The monoisotopic (exact) mass is 406 g/mol. The Bertz CT molecular complexity index is 939. The summed E-state index contributed by atoms with van der Waals surface area (Å²) in [5, 5.41) is 21.0. The van der Waals surface area contributed by atoms with Crippen LogP contribution >= 0.6 is 23.1 Å². The lowest BCUT2D eigenvalue weighted by Crippen LogP contribution is -2.14. The summed E-state index contributed by atoms with van der Waals surface area (Å²) in [5.41, 5.74) is 0.649. The van der Waals surface area contributed by atoms with E-state index in [0.717, 1.165) is 5.01 Å². The van der Waals surface area contributed by atoms with Crippen molar-refractivity contribution in [3.05, 3.63) is 35.1 Å². The maximum absolute atomic E-state index is 13.5. The van der Waals surface area contributed by atoms with E-state index in [1.807, 2.05) is 25.3 Å². The highest BCUT2D eigenvalue weighted by Gasteiger charge is 2.16. The predicted octanol–water partition coefficient (Wildman–Crippen LogP) is 3.81. The Morgan fingerprint density at radius 3 is 2.78 bits per heavy atom. The van der Waals surface area contributed by atoms with Crippen LogP contribution in [0.4, 0.5) is 9.52 Å². The van der Waals surface area contributed by atoms with Gasteiger partial charge in [0.1, 0.15) is 10.8 Å². The van der Waals surface area contributed by atoms with Crippen LogP contribution in [0.5, 0.6) is 0 Å². The van der Waals surface area contributed by atoms with Gasteiger partial charge in [0, 0.05) is 18.0 Å². The molecule has 0 atom stereocenters. The first-order valence-electron chi connectivity index (χ1n) is 8.43. The molecule has 0 fully saturated rings. The summed E-state index contributed by atoms with van der Waals surface area (Å²) in [6, 6.07) is 6.21. The normalized spacial score (nSPS) is 11.1. The smallest absolute Gasteiger partial charge is 0.236 e. The molecule has 3 rings (SSSR count). The molecule has 3 aromatic rings. The lowest BCUT2D eigenvalue weighted by molar-refractivity contribution is -0.113. The molecule has 0 spiro atoms. The van der Waals surface area contributed by atoms with Crippen molar-refractivity contribution in [2.24, 2.45) is 0 Å². The Hall–Kier alpha value is -2.33. The number of nitrogens with zero attached hydrogens (tertiary/aromatic N) is 5. The van der Waals surface area contributed by atoms with Gasteiger partial charge in [0.05, 0.1) is 5.75 Å². The van der Waals surface area contributed by atoms with Crippen LogP contribution in [0.2, 0.25) is 0 Å². The number of carbonyl (C=O) groups is 1. The Morgan fingerprint density at radius 1 is 1.30 bits per heavy atom. The number of benzene rings is 1. The molecule has 1 amide bonds. The van der Waals surface area contributed by atoms with E-state index >= 15 is 0 Å². The van der Waals surface area contributed by atoms with E-state index in [1.165, 1.54) is 35.2 Å². The number of aromatic nitrogens is 5. The molecule has 0 aliphatic heterocycles. The molecule has 0 radical (unpaired) electrons. The summed E-state index contributed by atoms with van der Waals surface area (Å²) in [6.07, 6.45) is 0. The third-order valence-electron chi connectivity index (χ3n) is 3.63. The Kier molecular flexibility index (Phi) is 6.17. The molecular formula is C17H19FN6OS2. The van der Waals surface area contributed by atoms with Gasteiger partial charge in [-0.05, 0) is 19.1 Å². The molecule has 0 aliphatic rings.